The van der Waals surface area contributed by atoms with E-state index in [9.17, 15) is 9.59 Å². The van der Waals surface area contributed by atoms with Gasteiger partial charge in [-0.05, 0) is 41.8 Å². The van der Waals surface area contributed by atoms with Gasteiger partial charge < -0.3 is 20.3 Å². The normalized spacial score (nSPS) is 13.3. The molecule has 1 aromatic heterocycles. The highest BCUT2D eigenvalue weighted by atomic mass is 16.5. The Kier molecular flexibility index (Phi) is 6.12. The van der Waals surface area contributed by atoms with Crippen LogP contribution in [0.25, 0.3) is 0 Å². The fraction of sp³-hybridized carbons (Fsp3) is 0.208. The van der Waals surface area contributed by atoms with Crippen molar-refractivity contribution in [3.8, 4) is 5.75 Å². The first kappa shape index (κ1) is 20.4. The van der Waals surface area contributed by atoms with Crippen molar-refractivity contribution in [1.82, 2.24) is 10.3 Å². The number of anilines is 2. The van der Waals surface area contributed by atoms with Gasteiger partial charge >= 0.3 is 11.8 Å². The van der Waals surface area contributed by atoms with Crippen molar-refractivity contribution in [2.75, 3.05) is 30.4 Å². The molecule has 158 valence electrons. The first-order valence-corrected chi connectivity index (χ1v) is 10.1. The minimum absolute atomic E-state index is 0.133. The molecule has 7 nitrogen and oxygen atoms in total. The molecule has 7 heteroatoms. The van der Waals surface area contributed by atoms with E-state index in [0.29, 0.717) is 11.4 Å². The van der Waals surface area contributed by atoms with Crippen LogP contribution in [0.15, 0.2) is 73.1 Å². The lowest BCUT2D eigenvalue weighted by molar-refractivity contribution is -0.136. The Morgan fingerprint density at radius 2 is 1.97 bits per heavy atom. The number of benzene rings is 2. The van der Waals surface area contributed by atoms with Crippen LogP contribution in [-0.4, -0.2) is 37.0 Å². The van der Waals surface area contributed by atoms with Gasteiger partial charge in [0.05, 0.1) is 13.2 Å². The molecule has 0 saturated carbocycles. The Hall–Kier alpha value is -3.87. The number of pyridine rings is 1. The van der Waals surface area contributed by atoms with Crippen molar-refractivity contribution in [2.45, 2.75) is 12.5 Å². The largest absolute Gasteiger partial charge is 0.497 e. The van der Waals surface area contributed by atoms with Gasteiger partial charge in [0.15, 0.2) is 0 Å². The number of nitrogens with zero attached hydrogens (tertiary/aromatic N) is 2. The molecule has 0 bridgehead atoms. The number of hydrogen-bond donors (Lipinski definition) is 2. The minimum Gasteiger partial charge on any atom is -0.497 e. The van der Waals surface area contributed by atoms with Gasteiger partial charge in [-0.25, -0.2) is 0 Å². The first-order valence-electron chi connectivity index (χ1n) is 10.1. The van der Waals surface area contributed by atoms with Gasteiger partial charge in [-0.3, -0.25) is 14.6 Å². The third-order valence-electron chi connectivity index (χ3n) is 5.36. The van der Waals surface area contributed by atoms with E-state index in [2.05, 4.69) is 32.7 Å². The summed E-state index contributed by atoms with van der Waals surface area (Å²) in [7, 11) is 1.54. The maximum Gasteiger partial charge on any atom is 0.313 e. The highest BCUT2D eigenvalue weighted by molar-refractivity contribution is 6.39. The van der Waals surface area contributed by atoms with E-state index in [1.165, 1.54) is 5.56 Å². The molecule has 0 unspecified atom stereocenters. The Labute approximate surface area is 181 Å². The zero-order valence-corrected chi connectivity index (χ0v) is 17.2. The van der Waals surface area contributed by atoms with E-state index < -0.39 is 11.8 Å². The zero-order chi connectivity index (χ0) is 21.6. The van der Waals surface area contributed by atoms with Gasteiger partial charge in [0.1, 0.15) is 5.75 Å². The molecule has 0 radical (unpaired) electrons. The third-order valence-corrected chi connectivity index (χ3v) is 5.36. The predicted molar refractivity (Wildman–Crippen MR) is 119 cm³/mol. The van der Waals surface area contributed by atoms with Crippen LogP contribution in [0.3, 0.4) is 0 Å². The number of methoxy groups -OCH3 is 1. The van der Waals surface area contributed by atoms with Crippen molar-refractivity contribution in [3.63, 3.8) is 0 Å². The summed E-state index contributed by atoms with van der Waals surface area (Å²) < 4.78 is 5.15. The molecule has 2 aromatic carbocycles. The molecule has 3 aromatic rings. The molecule has 0 spiro atoms. The number of nitrogens with one attached hydrogen (secondary N) is 2. The standard InChI is InChI=1S/C24H24N4O3/c1-31-20-9-4-8-19(14-20)27-24(30)23(29)26-16-22(18-7-5-12-25-15-18)28-13-11-17-6-2-3-10-21(17)28/h2-10,12,14-15,22H,11,13,16H2,1H3,(H,26,29)(H,27,30)/t22-/m1/s1. The molecule has 1 atom stereocenters. The fourth-order valence-electron chi connectivity index (χ4n) is 3.83. The summed E-state index contributed by atoms with van der Waals surface area (Å²) in [6.07, 6.45) is 4.46. The number of carbonyl (C=O) groups is 2. The number of fused-ring (bicyclic) bond motifs is 1. The van der Waals surface area contributed by atoms with Crippen LogP contribution in [0.5, 0.6) is 5.75 Å². The van der Waals surface area contributed by atoms with E-state index in [1.807, 2.05) is 24.3 Å². The summed E-state index contributed by atoms with van der Waals surface area (Å²) in [6.45, 7) is 1.12. The summed E-state index contributed by atoms with van der Waals surface area (Å²) in [5, 5.41) is 5.39. The quantitative estimate of drug-likeness (QED) is 0.604. The third kappa shape index (κ3) is 4.66. The molecule has 2 heterocycles. The van der Waals surface area contributed by atoms with E-state index in [1.54, 1.807) is 43.8 Å². The Balaban J connectivity index is 1.46. The summed E-state index contributed by atoms with van der Waals surface area (Å²) in [4.78, 5) is 31.4. The zero-order valence-electron chi connectivity index (χ0n) is 17.2. The number of hydrogen-bond acceptors (Lipinski definition) is 5. The summed E-state index contributed by atoms with van der Waals surface area (Å²) in [6, 6.07) is 18.9. The second kappa shape index (κ2) is 9.30. The number of amides is 2. The molecular formula is C24H24N4O3. The van der Waals surface area contributed by atoms with Gasteiger partial charge in [0.2, 0.25) is 0 Å². The van der Waals surface area contributed by atoms with Gasteiger partial charge in [0.25, 0.3) is 0 Å². The number of aromatic nitrogens is 1. The molecule has 0 fully saturated rings. The molecule has 1 aliphatic rings. The lowest BCUT2D eigenvalue weighted by atomic mass is 10.1. The minimum atomic E-state index is -0.722. The van der Waals surface area contributed by atoms with Crippen LogP contribution in [0, 0.1) is 0 Å². The van der Waals surface area contributed by atoms with E-state index in [0.717, 1.165) is 24.2 Å². The highest BCUT2D eigenvalue weighted by Crippen LogP contribution is 2.34. The van der Waals surface area contributed by atoms with Crippen LogP contribution in [-0.2, 0) is 16.0 Å². The second-order valence-electron chi connectivity index (χ2n) is 7.27. The van der Waals surface area contributed by atoms with Crippen molar-refractivity contribution < 1.29 is 14.3 Å². The monoisotopic (exact) mass is 416 g/mol. The Morgan fingerprint density at radius 3 is 2.77 bits per heavy atom. The Bertz CT molecular complexity index is 1070. The summed E-state index contributed by atoms with van der Waals surface area (Å²) in [5.74, 6) is -0.813. The van der Waals surface area contributed by atoms with Gasteiger partial charge in [-0.2, -0.15) is 0 Å². The smallest absolute Gasteiger partial charge is 0.313 e. The maximum atomic E-state index is 12.5. The van der Waals surface area contributed by atoms with Gasteiger partial charge in [0, 0.05) is 42.9 Å². The predicted octanol–water partition coefficient (Wildman–Crippen LogP) is 2.95. The average molecular weight is 416 g/mol. The molecule has 2 amide bonds. The van der Waals surface area contributed by atoms with Crippen molar-refractivity contribution in [2.24, 2.45) is 0 Å². The summed E-state index contributed by atoms with van der Waals surface area (Å²) in [5.41, 5.74) is 3.90. The second-order valence-corrected chi connectivity index (χ2v) is 7.27. The number of rotatable bonds is 6. The van der Waals surface area contributed by atoms with Crippen molar-refractivity contribution in [3.05, 3.63) is 84.2 Å². The highest BCUT2D eigenvalue weighted by Gasteiger charge is 2.28. The van der Waals surface area contributed by atoms with Gasteiger partial charge in [-0.15, -0.1) is 0 Å². The Morgan fingerprint density at radius 1 is 1.10 bits per heavy atom. The van der Waals surface area contributed by atoms with Gasteiger partial charge in [-0.1, -0.05) is 30.3 Å². The lowest BCUT2D eigenvalue weighted by Gasteiger charge is -2.30. The molecule has 4 rings (SSSR count). The topological polar surface area (TPSA) is 83.6 Å². The van der Waals surface area contributed by atoms with E-state index >= 15 is 0 Å². The fourth-order valence-corrected chi connectivity index (χ4v) is 3.83. The molecule has 2 N–H and O–H groups in total. The number of para-hydroxylation sites is 1. The molecule has 1 aliphatic heterocycles. The molecular weight excluding hydrogens is 392 g/mol. The first-order chi connectivity index (χ1) is 15.2. The van der Waals surface area contributed by atoms with Crippen LogP contribution in [0.4, 0.5) is 11.4 Å². The van der Waals surface area contributed by atoms with Crippen LogP contribution >= 0.6 is 0 Å². The summed E-state index contributed by atoms with van der Waals surface area (Å²) >= 11 is 0. The van der Waals surface area contributed by atoms with Crippen LogP contribution in [0.2, 0.25) is 0 Å². The van der Waals surface area contributed by atoms with E-state index in [4.69, 9.17) is 4.74 Å². The average Bonchev–Trinajstić information content (AvgIpc) is 3.24. The SMILES string of the molecule is COc1cccc(NC(=O)C(=O)NC[C@H](c2cccnc2)N2CCc3ccccc32)c1. The molecule has 31 heavy (non-hydrogen) atoms. The lowest BCUT2D eigenvalue weighted by Crippen LogP contribution is -2.41. The number of ether oxygens (including phenoxy) is 1. The van der Waals surface area contributed by atoms with E-state index in [-0.39, 0.29) is 12.6 Å². The van der Waals surface area contributed by atoms with Crippen molar-refractivity contribution in [1.29, 1.82) is 0 Å². The van der Waals surface area contributed by atoms with Crippen LogP contribution < -0.4 is 20.3 Å². The molecule has 0 saturated heterocycles. The number of carbonyl (C=O) groups excluding carboxylic acids is 2. The van der Waals surface area contributed by atoms with Crippen LogP contribution in [0.1, 0.15) is 17.2 Å². The maximum absolute atomic E-state index is 12.5. The molecule has 0 aliphatic carbocycles. The van der Waals surface area contributed by atoms with Crippen molar-refractivity contribution >= 4 is 23.2 Å².